The Kier molecular flexibility index (Phi) is 2.88. The smallest absolute Gasteiger partial charge is 0.307 e. The highest BCUT2D eigenvalue weighted by atomic mass is 16.8. The first-order chi connectivity index (χ1) is 12.7. The third kappa shape index (κ3) is 1.44. The van der Waals surface area contributed by atoms with Crippen LogP contribution in [-0.4, -0.2) is 80.8 Å². The average Bonchev–Trinajstić information content (AvgIpc) is 2.94. The van der Waals surface area contributed by atoms with Crippen molar-refractivity contribution in [3.63, 3.8) is 0 Å². The predicted molar refractivity (Wildman–Crippen MR) is 77.2 cm³/mol. The summed E-state index contributed by atoms with van der Waals surface area (Å²) in [5.74, 6) is -21.1. The number of phenols is 3. The number of fused-ring (bicyclic) bond motifs is 5. The zero-order valence-electron chi connectivity index (χ0n) is 13.2. The Morgan fingerprint density at radius 1 is 0.893 bits per heavy atom. The van der Waals surface area contributed by atoms with Gasteiger partial charge >= 0.3 is 5.79 Å². The molecule has 0 aliphatic carbocycles. The molecule has 2 fully saturated rings. The van der Waals surface area contributed by atoms with Crippen LogP contribution in [0, 0.1) is 0 Å². The van der Waals surface area contributed by atoms with Crippen LogP contribution in [0.25, 0.3) is 0 Å². The maximum Gasteiger partial charge on any atom is 0.307 e. The normalized spacial score (nSPS) is 35.5. The minimum Gasteiger partial charge on any atom is -0.504 e. The number of nitrogens with zero attached hydrogens (tertiary/aromatic N) is 1. The molecule has 1 aromatic carbocycles. The number of amides is 3. The van der Waals surface area contributed by atoms with Crippen LogP contribution in [-0.2, 0) is 20.2 Å². The quantitative estimate of drug-likeness (QED) is 0.0640. The number of benzene rings is 1. The fourth-order valence-electron chi connectivity index (χ4n) is 3.53. The maximum atomic E-state index is 12.7. The Labute approximate surface area is 152 Å². The van der Waals surface area contributed by atoms with Gasteiger partial charge < -0.3 is 46.6 Å². The summed E-state index contributed by atoms with van der Waals surface area (Å²) in [4.78, 5) is 36.3. The first-order valence-electron chi connectivity index (χ1n) is 7.27. The van der Waals surface area contributed by atoms with Gasteiger partial charge in [-0.15, -0.1) is 0 Å². The number of nitrogens with one attached hydrogen (secondary N) is 1. The van der Waals surface area contributed by atoms with E-state index in [0.29, 0.717) is 0 Å². The molecule has 3 aliphatic heterocycles. The molecule has 0 spiro atoms. The molecule has 3 unspecified atom stereocenters. The number of aliphatic hydroxyl groups is 5. The Morgan fingerprint density at radius 3 is 2.04 bits per heavy atom. The van der Waals surface area contributed by atoms with Gasteiger partial charge in [0, 0.05) is 0 Å². The monoisotopic (exact) mass is 401 g/mol. The summed E-state index contributed by atoms with van der Waals surface area (Å²) < 4.78 is 4.65. The third-order valence-corrected chi connectivity index (χ3v) is 4.92. The number of imide groups is 1. The maximum absolute atomic E-state index is 12.7. The number of carbonyl (C=O) groups excluding carboxylic acids is 3. The van der Waals surface area contributed by atoms with Crippen LogP contribution in [0.2, 0.25) is 0 Å². The molecule has 28 heavy (non-hydrogen) atoms. The van der Waals surface area contributed by atoms with Crippen LogP contribution in [0.5, 0.6) is 17.2 Å². The number of nitrogens with two attached hydrogens (primary N) is 1. The number of nitrogen functional groups attached to an aromatic ring is 1. The van der Waals surface area contributed by atoms with E-state index in [1.807, 2.05) is 0 Å². The van der Waals surface area contributed by atoms with Crippen molar-refractivity contribution in [3.8, 4) is 17.2 Å². The van der Waals surface area contributed by atoms with E-state index in [-0.39, 0.29) is 4.90 Å². The van der Waals surface area contributed by atoms with E-state index in [1.165, 1.54) is 5.32 Å². The molecule has 1 aromatic rings. The molecule has 4 rings (SSSR count). The van der Waals surface area contributed by atoms with Gasteiger partial charge in [0.2, 0.25) is 5.75 Å². The fraction of sp³-hybridized carbons (Fsp3) is 0.308. The molecular formula is C13H11N3O12. The summed E-state index contributed by atoms with van der Waals surface area (Å²) >= 11 is 0. The van der Waals surface area contributed by atoms with Crippen LogP contribution < -0.4 is 11.1 Å². The van der Waals surface area contributed by atoms with Gasteiger partial charge in [-0.25, -0.2) is 4.90 Å². The first kappa shape index (κ1) is 18.2. The largest absolute Gasteiger partial charge is 0.504 e. The summed E-state index contributed by atoms with van der Waals surface area (Å²) in [6, 6.07) is 0. The van der Waals surface area contributed by atoms with Crippen molar-refractivity contribution in [2.75, 3.05) is 5.73 Å². The van der Waals surface area contributed by atoms with E-state index in [9.17, 15) is 55.2 Å². The summed E-state index contributed by atoms with van der Waals surface area (Å²) in [6.07, 6.45) is 0. The molecule has 3 aliphatic rings. The van der Waals surface area contributed by atoms with Gasteiger partial charge in [0.15, 0.2) is 11.5 Å². The lowest BCUT2D eigenvalue weighted by Gasteiger charge is -2.45. The van der Waals surface area contributed by atoms with Crippen LogP contribution in [0.1, 0.15) is 15.9 Å². The van der Waals surface area contributed by atoms with E-state index >= 15 is 0 Å². The number of aromatic hydroxyl groups is 3. The molecule has 3 atom stereocenters. The third-order valence-electron chi connectivity index (χ3n) is 4.92. The number of piperidine rings is 1. The zero-order valence-corrected chi connectivity index (χ0v) is 13.2. The van der Waals surface area contributed by atoms with E-state index in [0.717, 1.165) is 0 Å². The molecule has 0 bridgehead atoms. The molecule has 3 amide bonds. The second kappa shape index (κ2) is 4.43. The van der Waals surface area contributed by atoms with Crippen molar-refractivity contribution < 1.29 is 60.0 Å². The van der Waals surface area contributed by atoms with Crippen molar-refractivity contribution in [1.82, 2.24) is 10.2 Å². The number of hydrogen-bond acceptors (Lipinski definition) is 13. The van der Waals surface area contributed by atoms with Crippen LogP contribution in [0.15, 0.2) is 0 Å². The van der Waals surface area contributed by atoms with Crippen molar-refractivity contribution in [2.45, 2.75) is 23.2 Å². The predicted octanol–water partition coefficient (Wildman–Crippen LogP) is -5.31. The van der Waals surface area contributed by atoms with Gasteiger partial charge in [-0.2, -0.15) is 0 Å². The number of phenolic OH excluding ortho intramolecular Hbond substituents is 3. The lowest BCUT2D eigenvalue weighted by atomic mass is 9.87. The van der Waals surface area contributed by atoms with Crippen molar-refractivity contribution in [3.05, 3.63) is 11.1 Å². The van der Waals surface area contributed by atoms with Crippen LogP contribution in [0.4, 0.5) is 5.69 Å². The van der Waals surface area contributed by atoms with Gasteiger partial charge in [0.05, 0.1) is 16.8 Å². The number of ether oxygens (including phenoxy) is 1. The van der Waals surface area contributed by atoms with Gasteiger partial charge in [-0.1, -0.05) is 0 Å². The van der Waals surface area contributed by atoms with Gasteiger partial charge in [0.1, 0.15) is 0 Å². The highest BCUT2D eigenvalue weighted by Crippen LogP contribution is 2.62. The summed E-state index contributed by atoms with van der Waals surface area (Å²) in [7, 11) is 0. The first-order valence-corrected chi connectivity index (χ1v) is 7.27. The standard InChI is InChI=1S/C13H11N3O12/c14-3-2-1(4(17)6(19)5(3)18)7(20)16-10(23)8(21)15-9(22)11(24,25)13(10,27)28-12(2,16)26/h17-19,23-27H,14H2,(H,15,21,22). The molecule has 150 valence electrons. The summed E-state index contributed by atoms with van der Waals surface area (Å²) in [5.41, 5.74) is -1.43. The Hall–Kier alpha value is -3.21. The molecule has 0 aromatic heterocycles. The minimum atomic E-state index is -4.08. The lowest BCUT2D eigenvalue weighted by Crippen LogP contribution is -2.83. The fourth-order valence-corrected chi connectivity index (χ4v) is 3.53. The number of hydrogen-bond donors (Lipinski definition) is 10. The summed E-state index contributed by atoms with van der Waals surface area (Å²) in [6.45, 7) is 0. The second-order valence-corrected chi connectivity index (χ2v) is 6.33. The minimum absolute atomic E-state index is 0.345. The SMILES string of the molecule is Nc1c(O)c(O)c(O)c2c1C1(O)OC3(O)C(O)(O)C(=O)NC(=O)C3(O)N1C2=O. The second-order valence-electron chi connectivity index (χ2n) is 6.33. The van der Waals surface area contributed by atoms with Gasteiger partial charge in [-0.3, -0.25) is 24.4 Å². The number of anilines is 1. The highest BCUT2D eigenvalue weighted by molar-refractivity contribution is 6.12. The van der Waals surface area contributed by atoms with E-state index in [4.69, 9.17) is 5.73 Å². The zero-order chi connectivity index (χ0) is 21.2. The van der Waals surface area contributed by atoms with E-state index in [1.54, 1.807) is 0 Å². The molecule has 11 N–H and O–H groups in total. The van der Waals surface area contributed by atoms with Crippen molar-refractivity contribution in [2.24, 2.45) is 0 Å². The van der Waals surface area contributed by atoms with Gasteiger partial charge in [0.25, 0.3) is 35.1 Å². The number of rotatable bonds is 0. The molecule has 0 radical (unpaired) electrons. The lowest BCUT2D eigenvalue weighted by molar-refractivity contribution is -0.410. The molecule has 15 heteroatoms. The Morgan fingerprint density at radius 2 is 1.46 bits per heavy atom. The van der Waals surface area contributed by atoms with Crippen molar-refractivity contribution >= 4 is 23.4 Å². The van der Waals surface area contributed by atoms with Gasteiger partial charge in [-0.05, 0) is 0 Å². The molecule has 3 heterocycles. The molecule has 15 nitrogen and oxygen atoms in total. The van der Waals surface area contributed by atoms with E-state index in [2.05, 4.69) is 4.74 Å². The average molecular weight is 401 g/mol. The van der Waals surface area contributed by atoms with Crippen LogP contribution >= 0.6 is 0 Å². The molecular weight excluding hydrogens is 390 g/mol. The van der Waals surface area contributed by atoms with Crippen molar-refractivity contribution in [1.29, 1.82) is 0 Å². The van der Waals surface area contributed by atoms with E-state index < -0.39 is 75.0 Å². The molecule has 2 saturated heterocycles. The Balaban J connectivity index is 2.10. The Bertz CT molecular complexity index is 1020. The highest BCUT2D eigenvalue weighted by Gasteiger charge is 2.87. The topological polar surface area (TPSA) is 264 Å². The molecule has 0 saturated carbocycles. The number of carbonyl (C=O) groups is 3. The van der Waals surface area contributed by atoms with Crippen LogP contribution in [0.3, 0.4) is 0 Å². The summed E-state index contributed by atoms with van der Waals surface area (Å²) in [5, 5.41) is 82.5.